The molecule has 0 unspecified atom stereocenters. The molecular formula is C22H40O12. The second-order valence-electron chi connectivity index (χ2n) is 8.18. The van der Waals surface area contributed by atoms with Gasteiger partial charge in [0, 0.05) is 27.7 Å². The molecule has 0 aliphatic heterocycles. The first-order chi connectivity index (χ1) is 14.9. The van der Waals surface area contributed by atoms with Crippen molar-refractivity contribution in [1.29, 1.82) is 0 Å². The van der Waals surface area contributed by atoms with Crippen molar-refractivity contribution < 1.29 is 57.9 Å². The Morgan fingerprint density at radius 2 is 0.941 bits per heavy atom. The van der Waals surface area contributed by atoms with E-state index in [1.807, 2.05) is 0 Å². The van der Waals surface area contributed by atoms with Crippen molar-refractivity contribution in [2.45, 2.75) is 106 Å². The fourth-order valence-electron chi connectivity index (χ4n) is 1.32. The molecule has 0 spiro atoms. The van der Waals surface area contributed by atoms with Crippen LogP contribution in [0.15, 0.2) is 0 Å². The molecule has 0 aromatic heterocycles. The van der Waals surface area contributed by atoms with Crippen molar-refractivity contribution in [1.82, 2.24) is 0 Å². The standard InChI is InChI=1S/C9H16O4.C7H14O3.C4H6O3.C2H4O2/c1-6(2)12-8(11)9(4,5)13-7(3)10;1-5(2)10-6(8)7(3,4)9;1-3(5)7-4(2)6;1-2(3)4/h6H,1-5H3;5,9H,1-4H3;1-2H3;1H3,(H,3,4). The zero-order chi connectivity index (χ0) is 28.4. The minimum atomic E-state index is -1.37. The van der Waals surface area contributed by atoms with E-state index in [1.165, 1.54) is 48.5 Å². The average molecular weight is 497 g/mol. The van der Waals surface area contributed by atoms with E-state index in [0.717, 1.165) is 6.92 Å². The molecule has 0 heterocycles. The number of carbonyl (C=O) groups excluding carboxylic acids is 5. The summed E-state index contributed by atoms with van der Waals surface area (Å²) in [5.41, 5.74) is -2.57. The van der Waals surface area contributed by atoms with Gasteiger partial charge in [0.2, 0.25) is 5.60 Å². The molecule has 0 fully saturated rings. The maximum absolute atomic E-state index is 11.3. The predicted octanol–water partition coefficient (Wildman–Crippen LogP) is 2.18. The maximum Gasteiger partial charge on any atom is 0.350 e. The smallest absolute Gasteiger partial charge is 0.350 e. The van der Waals surface area contributed by atoms with Gasteiger partial charge in [-0.05, 0) is 55.4 Å². The van der Waals surface area contributed by atoms with Crippen molar-refractivity contribution >= 4 is 35.8 Å². The molecule has 0 saturated heterocycles. The fourth-order valence-corrected chi connectivity index (χ4v) is 1.32. The molecule has 12 nitrogen and oxygen atoms in total. The van der Waals surface area contributed by atoms with E-state index >= 15 is 0 Å². The Balaban J connectivity index is -0.000000190. The Morgan fingerprint density at radius 3 is 1.09 bits per heavy atom. The summed E-state index contributed by atoms with van der Waals surface area (Å²) >= 11 is 0. The van der Waals surface area contributed by atoms with Crippen LogP contribution in [0.4, 0.5) is 0 Å². The molecule has 0 aliphatic carbocycles. The summed E-state index contributed by atoms with van der Waals surface area (Å²) in [7, 11) is 0. The molecule has 34 heavy (non-hydrogen) atoms. The van der Waals surface area contributed by atoms with Crippen molar-refractivity contribution in [2.75, 3.05) is 0 Å². The van der Waals surface area contributed by atoms with Crippen LogP contribution in [0, 0.1) is 0 Å². The van der Waals surface area contributed by atoms with Crippen LogP contribution in [-0.4, -0.2) is 69.4 Å². The zero-order valence-corrected chi connectivity index (χ0v) is 22.1. The van der Waals surface area contributed by atoms with Crippen molar-refractivity contribution in [2.24, 2.45) is 0 Å². The highest BCUT2D eigenvalue weighted by Crippen LogP contribution is 2.13. The van der Waals surface area contributed by atoms with Crippen LogP contribution in [-0.2, 0) is 47.7 Å². The van der Waals surface area contributed by atoms with Gasteiger partial charge in [-0.3, -0.25) is 19.2 Å². The first-order valence-electron chi connectivity index (χ1n) is 10.2. The first-order valence-corrected chi connectivity index (χ1v) is 10.2. The number of aliphatic hydroxyl groups is 1. The molecule has 0 atom stereocenters. The Kier molecular flexibility index (Phi) is 20.7. The summed E-state index contributed by atoms with van der Waals surface area (Å²) < 4.78 is 18.4. The lowest BCUT2D eigenvalue weighted by Gasteiger charge is -2.23. The Labute approximate surface area is 200 Å². The van der Waals surface area contributed by atoms with Gasteiger partial charge in [0.05, 0.1) is 12.2 Å². The van der Waals surface area contributed by atoms with Crippen LogP contribution in [0.25, 0.3) is 0 Å². The van der Waals surface area contributed by atoms with E-state index < -0.39 is 47.0 Å². The van der Waals surface area contributed by atoms with Gasteiger partial charge in [0.25, 0.3) is 5.97 Å². The molecule has 0 aromatic rings. The summed E-state index contributed by atoms with van der Waals surface area (Å²) in [6.45, 7) is 17.5. The molecule has 12 heteroatoms. The number of hydrogen-bond donors (Lipinski definition) is 2. The van der Waals surface area contributed by atoms with E-state index in [4.69, 9.17) is 29.2 Å². The lowest BCUT2D eigenvalue weighted by atomic mass is 10.1. The fraction of sp³-hybridized carbons (Fsp3) is 0.727. The number of hydrogen-bond acceptors (Lipinski definition) is 11. The molecule has 200 valence electrons. The number of aliphatic carboxylic acids is 1. The number of carboxylic acid groups (broad SMARTS) is 1. The number of carbonyl (C=O) groups is 6. The van der Waals surface area contributed by atoms with Gasteiger partial charge in [0.15, 0.2) is 5.60 Å². The summed E-state index contributed by atoms with van der Waals surface area (Å²) in [5, 5.41) is 16.5. The Morgan fingerprint density at radius 1 is 0.647 bits per heavy atom. The summed E-state index contributed by atoms with van der Waals surface area (Å²) in [5.74, 6) is -3.56. The van der Waals surface area contributed by atoms with Crippen LogP contribution in [0.5, 0.6) is 0 Å². The topological polar surface area (TPSA) is 180 Å². The van der Waals surface area contributed by atoms with Crippen LogP contribution < -0.4 is 0 Å². The highest BCUT2D eigenvalue weighted by atomic mass is 16.6. The van der Waals surface area contributed by atoms with Gasteiger partial charge < -0.3 is 29.2 Å². The third-order valence-corrected chi connectivity index (χ3v) is 2.36. The van der Waals surface area contributed by atoms with Gasteiger partial charge in [-0.25, -0.2) is 9.59 Å². The number of carboxylic acids is 1. The minimum Gasteiger partial charge on any atom is -0.481 e. The van der Waals surface area contributed by atoms with Crippen molar-refractivity contribution in [3.63, 3.8) is 0 Å². The van der Waals surface area contributed by atoms with E-state index in [2.05, 4.69) is 4.74 Å². The van der Waals surface area contributed by atoms with E-state index in [9.17, 15) is 24.0 Å². The predicted molar refractivity (Wildman–Crippen MR) is 120 cm³/mol. The quantitative estimate of drug-likeness (QED) is 0.322. The molecule has 0 amide bonds. The van der Waals surface area contributed by atoms with Gasteiger partial charge in [0.1, 0.15) is 0 Å². The van der Waals surface area contributed by atoms with Gasteiger partial charge >= 0.3 is 29.8 Å². The highest BCUT2D eigenvalue weighted by molar-refractivity contribution is 5.82. The van der Waals surface area contributed by atoms with Gasteiger partial charge in [-0.2, -0.15) is 0 Å². The zero-order valence-electron chi connectivity index (χ0n) is 22.1. The summed E-state index contributed by atoms with van der Waals surface area (Å²) in [6.07, 6.45) is -0.374. The first kappa shape index (κ1) is 38.3. The number of esters is 5. The van der Waals surface area contributed by atoms with E-state index in [1.54, 1.807) is 27.7 Å². The Hall–Kier alpha value is -3.02. The second kappa shape index (κ2) is 18.4. The van der Waals surface area contributed by atoms with Crippen LogP contribution in [0.3, 0.4) is 0 Å². The SMILES string of the molecule is CC(=O)O.CC(=O)OC(C)(C)C(=O)OC(C)C.CC(=O)OC(C)=O.CC(C)OC(=O)C(C)(C)O. The number of ether oxygens (including phenoxy) is 4. The van der Waals surface area contributed by atoms with Gasteiger partial charge in [-0.1, -0.05) is 0 Å². The van der Waals surface area contributed by atoms with Crippen LogP contribution in [0.2, 0.25) is 0 Å². The molecule has 0 saturated carbocycles. The molecule has 0 radical (unpaired) electrons. The largest absolute Gasteiger partial charge is 0.481 e. The third kappa shape index (κ3) is 33.6. The summed E-state index contributed by atoms with van der Waals surface area (Å²) in [6, 6.07) is 0. The highest BCUT2D eigenvalue weighted by Gasteiger charge is 2.33. The van der Waals surface area contributed by atoms with Crippen molar-refractivity contribution in [3.05, 3.63) is 0 Å². The molecular weight excluding hydrogens is 456 g/mol. The number of rotatable bonds is 5. The molecule has 0 bridgehead atoms. The molecule has 2 N–H and O–H groups in total. The minimum absolute atomic E-state index is 0.168. The van der Waals surface area contributed by atoms with Crippen molar-refractivity contribution in [3.8, 4) is 0 Å². The Bertz CT molecular complexity index is 654. The molecule has 0 aromatic carbocycles. The monoisotopic (exact) mass is 496 g/mol. The van der Waals surface area contributed by atoms with E-state index in [0.29, 0.717) is 0 Å². The second-order valence-corrected chi connectivity index (χ2v) is 8.18. The average Bonchev–Trinajstić information content (AvgIpc) is 2.50. The van der Waals surface area contributed by atoms with E-state index in [-0.39, 0.29) is 12.2 Å². The normalized spacial score (nSPS) is 10.1. The van der Waals surface area contributed by atoms with Crippen LogP contribution >= 0.6 is 0 Å². The lowest BCUT2D eigenvalue weighted by molar-refractivity contribution is -0.180. The molecule has 0 rings (SSSR count). The molecule has 0 aliphatic rings. The van der Waals surface area contributed by atoms with Crippen LogP contribution in [0.1, 0.15) is 83.1 Å². The van der Waals surface area contributed by atoms with Gasteiger partial charge in [-0.15, -0.1) is 0 Å². The maximum atomic E-state index is 11.3. The third-order valence-electron chi connectivity index (χ3n) is 2.36. The lowest BCUT2D eigenvalue weighted by Crippen LogP contribution is -2.39. The summed E-state index contributed by atoms with van der Waals surface area (Å²) in [4.78, 5) is 61.4.